The quantitative estimate of drug-likeness (QED) is 0.348. The van der Waals surface area contributed by atoms with Crippen LogP contribution in [0.2, 0.25) is 0 Å². The van der Waals surface area contributed by atoms with E-state index >= 15 is 0 Å². The summed E-state index contributed by atoms with van der Waals surface area (Å²) in [7, 11) is 2.91. The van der Waals surface area contributed by atoms with Crippen LogP contribution in [0.3, 0.4) is 0 Å². The van der Waals surface area contributed by atoms with Gasteiger partial charge in [-0.1, -0.05) is 58.7 Å². The third-order valence-electron chi connectivity index (χ3n) is 4.12. The van der Waals surface area contributed by atoms with Gasteiger partial charge in [0.05, 0.1) is 0 Å². The van der Waals surface area contributed by atoms with Crippen molar-refractivity contribution >= 4 is 28.7 Å². The summed E-state index contributed by atoms with van der Waals surface area (Å²) in [6, 6.07) is 7.49. The Morgan fingerprint density at radius 3 is 2.36 bits per heavy atom. The van der Waals surface area contributed by atoms with E-state index in [4.69, 9.17) is 28.9 Å². The van der Waals surface area contributed by atoms with Crippen molar-refractivity contribution < 1.29 is 28.9 Å². The first-order valence-corrected chi connectivity index (χ1v) is 10.5. The van der Waals surface area contributed by atoms with Crippen LogP contribution in [0.1, 0.15) is 38.8 Å². The van der Waals surface area contributed by atoms with Crippen LogP contribution in [0.15, 0.2) is 50.0 Å². The summed E-state index contributed by atoms with van der Waals surface area (Å²) in [5.74, 6) is 0.559. The third kappa shape index (κ3) is 8.09. The molecule has 33 heavy (non-hydrogen) atoms. The zero-order chi connectivity index (χ0) is 24.1. The van der Waals surface area contributed by atoms with Crippen molar-refractivity contribution in [2.45, 2.75) is 34.3 Å². The molecule has 0 unspecified atom stereocenters. The monoisotopic (exact) mass is 461 g/mol. The molecule has 180 valence electrons. The fourth-order valence-electron chi connectivity index (χ4n) is 2.66. The highest BCUT2D eigenvalue weighted by Gasteiger charge is 2.21. The Balaban J connectivity index is 2.22. The molecule has 1 aromatic carbocycles. The highest BCUT2D eigenvalue weighted by molar-refractivity contribution is 6.67. The molecule has 0 atom stereocenters. The number of benzene rings is 1. The largest absolute Gasteiger partial charge is 0.470 e. The Hall–Kier alpha value is -3.63. The lowest BCUT2D eigenvalue weighted by Gasteiger charge is -2.16. The summed E-state index contributed by atoms with van der Waals surface area (Å²) in [4.78, 5) is 26.0. The Kier molecular flexibility index (Phi) is 10.6. The van der Waals surface area contributed by atoms with Gasteiger partial charge < -0.3 is 28.9 Å². The van der Waals surface area contributed by atoms with Crippen LogP contribution in [0, 0.1) is 5.92 Å². The smallest absolute Gasteiger partial charge is 0.280 e. The number of rotatable bonds is 12. The van der Waals surface area contributed by atoms with Gasteiger partial charge in [-0.2, -0.15) is 0 Å². The van der Waals surface area contributed by atoms with Gasteiger partial charge in [0.25, 0.3) is 5.90 Å². The molecule has 1 heterocycles. The number of hydrogen-bond donors (Lipinski definition) is 0. The molecule has 0 N–H and O–H groups in total. The summed E-state index contributed by atoms with van der Waals surface area (Å²) < 4.78 is 5.57. The van der Waals surface area contributed by atoms with E-state index in [1.165, 1.54) is 14.2 Å². The van der Waals surface area contributed by atoms with Gasteiger partial charge in [-0.05, 0) is 24.9 Å². The Bertz CT molecular complexity index is 924. The fourth-order valence-corrected chi connectivity index (χ4v) is 2.66. The van der Waals surface area contributed by atoms with Gasteiger partial charge in [0.2, 0.25) is 0 Å². The predicted molar refractivity (Wildman–Crippen MR) is 126 cm³/mol. The average molecular weight is 462 g/mol. The van der Waals surface area contributed by atoms with Crippen molar-refractivity contribution in [1.82, 2.24) is 0 Å². The second-order valence-corrected chi connectivity index (χ2v) is 7.30. The Morgan fingerprint density at radius 2 is 1.70 bits per heavy atom. The van der Waals surface area contributed by atoms with E-state index in [9.17, 15) is 0 Å². The van der Waals surface area contributed by atoms with E-state index in [1.807, 2.05) is 38.1 Å². The highest BCUT2D eigenvalue weighted by atomic mass is 16.7. The van der Waals surface area contributed by atoms with Gasteiger partial charge in [0.1, 0.15) is 45.5 Å². The molecule has 0 fully saturated rings. The van der Waals surface area contributed by atoms with Crippen LogP contribution in [0.4, 0.5) is 0 Å². The molecule has 0 amide bonds. The van der Waals surface area contributed by atoms with E-state index < -0.39 is 0 Å². The van der Waals surface area contributed by atoms with Crippen molar-refractivity contribution in [2.75, 3.05) is 34.0 Å². The zero-order valence-electron chi connectivity index (χ0n) is 19.9. The molecule has 11 nitrogen and oxygen atoms in total. The Morgan fingerprint density at radius 1 is 0.970 bits per heavy atom. The molecule has 1 aromatic rings. The normalized spacial score (nSPS) is 15.4. The molecule has 0 saturated heterocycles. The van der Waals surface area contributed by atoms with E-state index in [0.29, 0.717) is 54.1 Å². The van der Waals surface area contributed by atoms with Crippen LogP contribution in [0.5, 0.6) is 0 Å². The molecule has 1 aliphatic rings. The molecule has 0 aromatic heterocycles. The maximum absolute atomic E-state index is 5.62. The van der Waals surface area contributed by atoms with Crippen molar-refractivity contribution in [2.24, 2.45) is 31.7 Å². The van der Waals surface area contributed by atoms with Gasteiger partial charge in [-0.15, -0.1) is 0 Å². The van der Waals surface area contributed by atoms with Gasteiger partial charge in [-0.3, -0.25) is 0 Å². The first-order valence-electron chi connectivity index (χ1n) is 10.5. The van der Waals surface area contributed by atoms with Crippen LogP contribution in [-0.4, -0.2) is 62.8 Å². The van der Waals surface area contributed by atoms with Gasteiger partial charge in [-0.25, -0.2) is 0 Å². The summed E-state index contributed by atoms with van der Waals surface area (Å²) >= 11 is 0. The van der Waals surface area contributed by atoms with E-state index in [-0.39, 0.29) is 12.5 Å². The molecular weight excluding hydrogens is 430 g/mol. The molecule has 11 heteroatoms. The standard InChI is InChI=1S/C22H31N5O6/c1-15(2)13-32-26-20(16(3)23-28-5)17(4)24-33-14-18-9-7-8-10-19(18)21(25-29-6)22-27-31-12-11-30-22/h7-10,15H,11-14H2,1-6H3/b23-16+,24-17+,25-21+,26-20+. The van der Waals surface area contributed by atoms with Gasteiger partial charge >= 0.3 is 0 Å². The molecule has 0 aliphatic carbocycles. The number of nitrogens with zero attached hydrogens (tertiary/aromatic N) is 5. The zero-order valence-corrected chi connectivity index (χ0v) is 19.9. The van der Waals surface area contributed by atoms with Crippen LogP contribution in [0.25, 0.3) is 0 Å². The van der Waals surface area contributed by atoms with Gasteiger partial charge in [0.15, 0.2) is 18.0 Å². The fraction of sp³-hybridized carbons (Fsp3) is 0.500. The summed E-state index contributed by atoms with van der Waals surface area (Å²) in [6.07, 6.45) is 0. The number of hydrogen-bond acceptors (Lipinski definition) is 11. The minimum absolute atomic E-state index is 0.144. The molecule has 0 bridgehead atoms. The number of oxime groups is 5. The van der Waals surface area contributed by atoms with Crippen molar-refractivity contribution in [3.8, 4) is 0 Å². The van der Waals surface area contributed by atoms with Crippen LogP contribution < -0.4 is 0 Å². The molecular formula is C22H31N5O6. The second kappa shape index (κ2) is 13.7. The number of ether oxygens (including phenoxy) is 1. The lowest BCUT2D eigenvalue weighted by molar-refractivity contribution is 0.0672. The first-order chi connectivity index (χ1) is 16.0. The maximum atomic E-state index is 5.62. The molecule has 0 spiro atoms. The highest BCUT2D eigenvalue weighted by Crippen LogP contribution is 2.15. The Labute approximate surface area is 193 Å². The van der Waals surface area contributed by atoms with E-state index in [0.717, 1.165) is 5.56 Å². The minimum Gasteiger partial charge on any atom is -0.470 e. The molecule has 2 rings (SSSR count). The predicted octanol–water partition coefficient (Wildman–Crippen LogP) is 3.34. The third-order valence-corrected chi connectivity index (χ3v) is 4.12. The first kappa shape index (κ1) is 25.6. The summed E-state index contributed by atoms with van der Waals surface area (Å²) in [5, 5.41) is 20.3. The van der Waals surface area contributed by atoms with Crippen LogP contribution in [-0.2, 0) is 35.5 Å². The van der Waals surface area contributed by atoms with Crippen molar-refractivity contribution in [3.05, 3.63) is 35.4 Å². The van der Waals surface area contributed by atoms with Crippen LogP contribution >= 0.6 is 0 Å². The summed E-state index contributed by atoms with van der Waals surface area (Å²) in [6.45, 7) is 8.90. The van der Waals surface area contributed by atoms with E-state index in [1.54, 1.807) is 13.8 Å². The average Bonchev–Trinajstić information content (AvgIpc) is 2.81. The molecule has 0 radical (unpaired) electrons. The van der Waals surface area contributed by atoms with Crippen molar-refractivity contribution in [3.63, 3.8) is 0 Å². The lowest BCUT2D eigenvalue weighted by atomic mass is 10.0. The SMILES string of the molecule is CO/N=C(C)/C(=N\OCC(C)C)C(/C)=N/OCc1ccccc1/C(=N\OC)C1=NOCCO1. The van der Waals surface area contributed by atoms with Crippen molar-refractivity contribution in [1.29, 1.82) is 0 Å². The molecule has 0 saturated carbocycles. The summed E-state index contributed by atoms with van der Waals surface area (Å²) in [5.41, 5.74) is 3.31. The molecule has 1 aliphatic heterocycles. The van der Waals surface area contributed by atoms with E-state index in [2.05, 4.69) is 25.8 Å². The second-order valence-electron chi connectivity index (χ2n) is 7.30. The lowest BCUT2D eigenvalue weighted by Crippen LogP contribution is -2.26. The maximum Gasteiger partial charge on any atom is 0.280 e. The minimum atomic E-state index is 0.144. The van der Waals surface area contributed by atoms with Gasteiger partial charge in [0, 0.05) is 11.1 Å². The topological polar surface area (TPSA) is 117 Å².